The summed E-state index contributed by atoms with van der Waals surface area (Å²) in [5.41, 5.74) is 1.69. The summed E-state index contributed by atoms with van der Waals surface area (Å²) in [4.78, 5) is 16.8. The van der Waals surface area contributed by atoms with Crippen LogP contribution in [-0.4, -0.2) is 47.9 Å². The van der Waals surface area contributed by atoms with E-state index in [2.05, 4.69) is 10.3 Å². The average Bonchev–Trinajstić information content (AvgIpc) is 3.20. The summed E-state index contributed by atoms with van der Waals surface area (Å²) in [7, 11) is 0. The van der Waals surface area contributed by atoms with Gasteiger partial charge < -0.3 is 24.1 Å². The predicted octanol–water partition coefficient (Wildman–Crippen LogP) is 1.41. The van der Waals surface area contributed by atoms with Crippen molar-refractivity contribution >= 4 is 16.9 Å². The zero-order chi connectivity index (χ0) is 16.5. The Morgan fingerprint density at radius 3 is 2.83 bits per heavy atom. The molecule has 0 spiro atoms. The minimum atomic E-state index is -0.0391. The quantitative estimate of drug-likeness (QED) is 0.917. The van der Waals surface area contributed by atoms with E-state index in [0.717, 1.165) is 36.3 Å². The lowest BCUT2D eigenvalue weighted by Crippen LogP contribution is -2.34. The van der Waals surface area contributed by atoms with Crippen LogP contribution in [0.3, 0.4) is 0 Å². The maximum Gasteiger partial charge on any atom is 0.240 e. The topological polar surface area (TPSA) is 74.6 Å². The largest absolute Gasteiger partial charge is 0.486 e. The van der Waals surface area contributed by atoms with Crippen molar-refractivity contribution in [3.63, 3.8) is 0 Å². The second-order valence-electron chi connectivity index (χ2n) is 6.17. The summed E-state index contributed by atoms with van der Waals surface area (Å²) in [6.45, 7) is 4.57. The van der Waals surface area contributed by atoms with Crippen LogP contribution in [0.25, 0.3) is 11.0 Å². The van der Waals surface area contributed by atoms with E-state index in [1.165, 1.54) is 0 Å². The molecule has 4 rings (SSSR count). The molecule has 2 aliphatic heterocycles. The van der Waals surface area contributed by atoms with Gasteiger partial charge in [0, 0.05) is 25.3 Å². The Labute approximate surface area is 139 Å². The van der Waals surface area contributed by atoms with Crippen LogP contribution in [-0.2, 0) is 16.1 Å². The molecule has 1 amide bonds. The molecule has 0 radical (unpaired) electrons. The fourth-order valence-corrected chi connectivity index (χ4v) is 3.21. The number of hydrogen-bond acceptors (Lipinski definition) is 5. The van der Waals surface area contributed by atoms with E-state index in [1.54, 1.807) is 0 Å². The Balaban J connectivity index is 1.52. The minimum Gasteiger partial charge on any atom is -0.486 e. The summed E-state index contributed by atoms with van der Waals surface area (Å²) in [5.74, 6) is 2.17. The summed E-state index contributed by atoms with van der Waals surface area (Å²) < 4.78 is 18.7. The van der Waals surface area contributed by atoms with E-state index >= 15 is 0 Å². The first-order chi connectivity index (χ1) is 11.7. The maximum absolute atomic E-state index is 12.3. The van der Waals surface area contributed by atoms with Crippen molar-refractivity contribution in [2.45, 2.75) is 32.4 Å². The first-order valence-corrected chi connectivity index (χ1v) is 8.35. The molecule has 1 saturated heterocycles. The van der Waals surface area contributed by atoms with Crippen LogP contribution in [0.2, 0.25) is 0 Å². The number of aryl methyl sites for hydroxylation is 1. The molecule has 1 unspecified atom stereocenters. The van der Waals surface area contributed by atoms with Gasteiger partial charge in [-0.25, -0.2) is 4.98 Å². The van der Waals surface area contributed by atoms with E-state index in [4.69, 9.17) is 14.2 Å². The van der Waals surface area contributed by atoms with Gasteiger partial charge in [0.1, 0.15) is 25.6 Å². The Morgan fingerprint density at radius 2 is 2.08 bits per heavy atom. The fourth-order valence-electron chi connectivity index (χ4n) is 3.21. The molecule has 128 valence electrons. The highest BCUT2D eigenvalue weighted by atomic mass is 16.6. The van der Waals surface area contributed by atoms with E-state index in [0.29, 0.717) is 31.3 Å². The average molecular weight is 331 g/mol. The van der Waals surface area contributed by atoms with Gasteiger partial charge in [0.15, 0.2) is 11.5 Å². The predicted molar refractivity (Wildman–Crippen MR) is 87.4 cm³/mol. The van der Waals surface area contributed by atoms with E-state index < -0.39 is 0 Å². The number of ether oxygens (including phenoxy) is 3. The monoisotopic (exact) mass is 331 g/mol. The number of amides is 1. The van der Waals surface area contributed by atoms with Crippen molar-refractivity contribution in [1.82, 2.24) is 14.9 Å². The van der Waals surface area contributed by atoms with Gasteiger partial charge in [-0.05, 0) is 19.8 Å². The van der Waals surface area contributed by atoms with Gasteiger partial charge in [-0.2, -0.15) is 0 Å². The molecule has 1 fully saturated rings. The van der Waals surface area contributed by atoms with Gasteiger partial charge in [0.25, 0.3) is 0 Å². The summed E-state index contributed by atoms with van der Waals surface area (Å²) in [6.07, 6.45) is 2.22. The van der Waals surface area contributed by atoms with Crippen LogP contribution in [0.5, 0.6) is 11.5 Å². The molecule has 1 aromatic heterocycles. The molecular weight excluding hydrogens is 310 g/mol. The van der Waals surface area contributed by atoms with Crippen LogP contribution in [0.15, 0.2) is 12.1 Å². The summed E-state index contributed by atoms with van der Waals surface area (Å²) in [6, 6.07) is 3.77. The smallest absolute Gasteiger partial charge is 0.240 e. The van der Waals surface area contributed by atoms with Gasteiger partial charge in [-0.15, -0.1) is 0 Å². The number of benzene rings is 1. The fraction of sp³-hybridized carbons (Fsp3) is 0.529. The number of nitrogens with zero attached hydrogens (tertiary/aromatic N) is 2. The molecule has 0 saturated carbocycles. The van der Waals surface area contributed by atoms with Crippen molar-refractivity contribution in [2.75, 3.05) is 26.4 Å². The highest BCUT2D eigenvalue weighted by Crippen LogP contribution is 2.34. The third kappa shape index (κ3) is 2.91. The van der Waals surface area contributed by atoms with Gasteiger partial charge in [0.2, 0.25) is 5.91 Å². The van der Waals surface area contributed by atoms with Crippen LogP contribution in [0.4, 0.5) is 0 Å². The Kier molecular flexibility index (Phi) is 4.02. The number of fused-ring (bicyclic) bond motifs is 2. The molecule has 1 N–H and O–H groups in total. The molecule has 0 bridgehead atoms. The molecule has 2 aromatic rings. The number of carbonyl (C=O) groups excluding carboxylic acids is 1. The minimum absolute atomic E-state index is 0.0391. The Bertz CT molecular complexity index is 765. The molecule has 1 aromatic carbocycles. The normalized spacial score (nSPS) is 19.6. The van der Waals surface area contributed by atoms with E-state index in [9.17, 15) is 4.79 Å². The lowest BCUT2D eigenvalue weighted by molar-refractivity contribution is -0.122. The number of hydrogen-bond donors (Lipinski definition) is 1. The Hall–Kier alpha value is -2.28. The van der Waals surface area contributed by atoms with Crippen molar-refractivity contribution < 1.29 is 19.0 Å². The van der Waals surface area contributed by atoms with Crippen LogP contribution >= 0.6 is 0 Å². The molecule has 2 aliphatic rings. The molecule has 24 heavy (non-hydrogen) atoms. The first-order valence-electron chi connectivity index (χ1n) is 8.35. The highest BCUT2D eigenvalue weighted by Gasteiger charge is 2.19. The SMILES string of the molecule is Cc1nc2cc3c(cc2n1CC(=O)NCC1CCCO1)OCCO3. The van der Waals surface area contributed by atoms with Crippen molar-refractivity contribution in [2.24, 2.45) is 0 Å². The van der Waals surface area contributed by atoms with Gasteiger partial charge in [-0.1, -0.05) is 0 Å². The number of aromatic nitrogens is 2. The number of imidazole rings is 1. The van der Waals surface area contributed by atoms with Gasteiger partial charge in [-0.3, -0.25) is 4.79 Å². The lowest BCUT2D eigenvalue weighted by atomic mass is 10.2. The van der Waals surface area contributed by atoms with Crippen molar-refractivity contribution in [1.29, 1.82) is 0 Å². The van der Waals surface area contributed by atoms with Crippen molar-refractivity contribution in [3.05, 3.63) is 18.0 Å². The molecule has 1 atom stereocenters. The van der Waals surface area contributed by atoms with E-state index in [1.807, 2.05) is 23.6 Å². The van der Waals surface area contributed by atoms with Gasteiger partial charge >= 0.3 is 0 Å². The molecular formula is C17H21N3O4. The standard InChI is InChI=1S/C17H21N3O4/c1-11-19-13-7-15-16(24-6-5-23-15)8-14(13)20(11)10-17(21)18-9-12-3-2-4-22-12/h7-8,12H,2-6,9-10H2,1H3,(H,18,21). The zero-order valence-corrected chi connectivity index (χ0v) is 13.7. The molecule has 3 heterocycles. The van der Waals surface area contributed by atoms with Crippen molar-refractivity contribution in [3.8, 4) is 11.5 Å². The third-order valence-electron chi connectivity index (χ3n) is 4.46. The third-order valence-corrected chi connectivity index (χ3v) is 4.46. The van der Waals surface area contributed by atoms with Crippen LogP contribution in [0, 0.1) is 6.92 Å². The molecule has 7 nitrogen and oxygen atoms in total. The maximum atomic E-state index is 12.3. The molecule has 0 aliphatic carbocycles. The second-order valence-corrected chi connectivity index (χ2v) is 6.17. The van der Waals surface area contributed by atoms with Crippen LogP contribution < -0.4 is 14.8 Å². The number of nitrogens with one attached hydrogen (secondary N) is 1. The second kappa shape index (κ2) is 6.32. The zero-order valence-electron chi connectivity index (χ0n) is 13.7. The molecule has 7 heteroatoms. The summed E-state index contributed by atoms with van der Waals surface area (Å²) in [5, 5.41) is 2.95. The van der Waals surface area contributed by atoms with Gasteiger partial charge in [0.05, 0.1) is 17.1 Å². The van der Waals surface area contributed by atoms with E-state index in [-0.39, 0.29) is 18.6 Å². The first kappa shape index (κ1) is 15.3. The Morgan fingerprint density at radius 1 is 1.29 bits per heavy atom. The summed E-state index contributed by atoms with van der Waals surface area (Å²) >= 11 is 0. The van der Waals surface area contributed by atoms with Crippen LogP contribution in [0.1, 0.15) is 18.7 Å². The number of carbonyl (C=O) groups is 1. The highest BCUT2D eigenvalue weighted by molar-refractivity contribution is 5.83. The lowest BCUT2D eigenvalue weighted by Gasteiger charge is -2.18. The number of rotatable bonds is 4.